The molecule has 3 aromatic rings. The third-order valence-corrected chi connectivity index (χ3v) is 7.68. The molecule has 0 saturated carbocycles. The minimum atomic E-state index is -3.48. The van der Waals surface area contributed by atoms with Gasteiger partial charge in [-0.15, -0.1) is 0 Å². The van der Waals surface area contributed by atoms with E-state index in [1.807, 2.05) is 6.07 Å². The zero-order valence-corrected chi connectivity index (χ0v) is 18.3. The molecular formula is C22H28N4O2S. The van der Waals surface area contributed by atoms with Gasteiger partial charge in [0, 0.05) is 32.4 Å². The fraction of sp³-hybridized carbons (Fsp3) is 0.409. The molecule has 0 amide bonds. The number of aromatic nitrogens is 2. The lowest BCUT2D eigenvalue weighted by Gasteiger charge is -2.37. The van der Waals surface area contributed by atoms with Crippen molar-refractivity contribution in [2.75, 3.05) is 19.0 Å². The minimum absolute atomic E-state index is 0.277. The largest absolute Gasteiger partial charge is 0.361 e. The lowest BCUT2D eigenvalue weighted by molar-refractivity contribution is 0.521. The second-order valence-corrected chi connectivity index (χ2v) is 10.0. The Morgan fingerprint density at radius 1 is 1.17 bits per heavy atom. The third kappa shape index (κ3) is 3.42. The Morgan fingerprint density at radius 2 is 1.93 bits per heavy atom. The van der Waals surface area contributed by atoms with Crippen molar-refractivity contribution < 1.29 is 8.42 Å². The van der Waals surface area contributed by atoms with Crippen LogP contribution in [0, 0.1) is 0 Å². The van der Waals surface area contributed by atoms with Crippen LogP contribution in [0.5, 0.6) is 0 Å². The van der Waals surface area contributed by atoms with Gasteiger partial charge in [-0.1, -0.05) is 18.2 Å². The number of imidazole rings is 1. The summed E-state index contributed by atoms with van der Waals surface area (Å²) in [6.07, 6.45) is 2.22. The lowest BCUT2D eigenvalue weighted by Crippen LogP contribution is -2.37. The Bertz CT molecular complexity index is 1150. The van der Waals surface area contributed by atoms with Crippen LogP contribution in [0.2, 0.25) is 0 Å². The first-order valence-electron chi connectivity index (χ1n) is 10.1. The first-order chi connectivity index (χ1) is 13.8. The number of rotatable bonds is 5. The average molecular weight is 413 g/mol. The Hall–Kier alpha value is -2.38. The number of fused-ring (bicyclic) bond motifs is 2. The summed E-state index contributed by atoms with van der Waals surface area (Å²) in [5.74, 6) is 0.963. The number of benzene rings is 2. The average Bonchev–Trinajstić information content (AvgIpc) is 3.06. The van der Waals surface area contributed by atoms with E-state index in [0.29, 0.717) is 12.6 Å². The molecule has 2 aromatic carbocycles. The second-order valence-electron chi connectivity index (χ2n) is 7.85. The zero-order valence-electron chi connectivity index (χ0n) is 17.5. The molecule has 0 unspecified atom stereocenters. The van der Waals surface area contributed by atoms with Gasteiger partial charge in [-0.2, -0.15) is 0 Å². The number of para-hydroxylation sites is 1. The molecule has 1 aliphatic heterocycles. The van der Waals surface area contributed by atoms with Gasteiger partial charge in [0.1, 0.15) is 5.82 Å². The molecule has 6 nitrogen and oxygen atoms in total. The van der Waals surface area contributed by atoms with Crippen molar-refractivity contribution in [1.29, 1.82) is 0 Å². The number of hydrogen-bond acceptors (Lipinski definition) is 4. The van der Waals surface area contributed by atoms with Crippen LogP contribution in [0.3, 0.4) is 0 Å². The van der Waals surface area contributed by atoms with Gasteiger partial charge >= 0.3 is 0 Å². The smallest absolute Gasteiger partial charge is 0.242 e. The van der Waals surface area contributed by atoms with E-state index in [2.05, 4.69) is 47.6 Å². The zero-order chi connectivity index (χ0) is 20.8. The number of nitrogens with zero attached hydrogens (tertiary/aromatic N) is 4. The van der Waals surface area contributed by atoms with Crippen molar-refractivity contribution in [2.45, 2.75) is 50.7 Å². The van der Waals surface area contributed by atoms with Crippen molar-refractivity contribution in [3.8, 4) is 0 Å². The van der Waals surface area contributed by atoms with Crippen molar-refractivity contribution in [3.63, 3.8) is 0 Å². The molecule has 1 atom stereocenters. The van der Waals surface area contributed by atoms with Gasteiger partial charge in [-0.05, 0) is 56.5 Å². The fourth-order valence-electron chi connectivity index (χ4n) is 4.16. The van der Waals surface area contributed by atoms with E-state index < -0.39 is 10.0 Å². The quantitative estimate of drug-likeness (QED) is 0.642. The maximum Gasteiger partial charge on any atom is 0.242 e. The Balaban J connectivity index is 1.77. The van der Waals surface area contributed by atoms with Crippen molar-refractivity contribution in [3.05, 3.63) is 53.9 Å². The Labute approximate surface area is 172 Å². The van der Waals surface area contributed by atoms with Crippen LogP contribution < -0.4 is 4.90 Å². The van der Waals surface area contributed by atoms with Gasteiger partial charge in [0.05, 0.1) is 22.5 Å². The summed E-state index contributed by atoms with van der Waals surface area (Å²) >= 11 is 0. The summed E-state index contributed by atoms with van der Waals surface area (Å²) in [6.45, 7) is 5.85. The molecule has 154 valence electrons. The highest BCUT2D eigenvalue weighted by Crippen LogP contribution is 2.32. The standard InChI is InChI=1S/C22H28N4O2S/c1-5-25-21-13-12-18(29(27,28)24(3)4)14-19(21)23-22(25)15-26-16(2)10-11-17-8-6-7-9-20(17)26/h6-9,12-14,16H,5,10-11,15H2,1-4H3/t16-/m1/s1. The third-order valence-electron chi connectivity index (χ3n) is 5.87. The van der Waals surface area contributed by atoms with E-state index in [0.717, 1.165) is 36.2 Å². The number of anilines is 1. The predicted molar refractivity (Wildman–Crippen MR) is 117 cm³/mol. The molecule has 0 aliphatic carbocycles. The molecule has 1 aliphatic rings. The van der Waals surface area contributed by atoms with Gasteiger partial charge in [0.2, 0.25) is 10.0 Å². The highest BCUT2D eigenvalue weighted by Gasteiger charge is 2.25. The van der Waals surface area contributed by atoms with Gasteiger partial charge in [-0.25, -0.2) is 17.7 Å². The molecule has 1 aromatic heterocycles. The molecule has 7 heteroatoms. The topological polar surface area (TPSA) is 58.4 Å². The van der Waals surface area contributed by atoms with Gasteiger partial charge in [0.15, 0.2) is 0 Å². The first-order valence-corrected chi connectivity index (χ1v) is 11.5. The normalized spacial score (nSPS) is 17.1. The van der Waals surface area contributed by atoms with Crippen LogP contribution in [0.1, 0.15) is 31.7 Å². The summed E-state index contributed by atoms with van der Waals surface area (Å²) in [4.78, 5) is 7.55. The predicted octanol–water partition coefficient (Wildman–Crippen LogP) is 3.65. The SMILES string of the molecule is CCn1c(CN2c3ccccc3CC[C@H]2C)nc2cc(S(=O)(=O)N(C)C)ccc21. The molecule has 29 heavy (non-hydrogen) atoms. The van der Waals surface area contributed by atoms with Crippen LogP contribution >= 0.6 is 0 Å². The molecular weight excluding hydrogens is 384 g/mol. The highest BCUT2D eigenvalue weighted by atomic mass is 32.2. The summed E-state index contributed by atoms with van der Waals surface area (Å²) in [6, 6.07) is 14.2. The summed E-state index contributed by atoms with van der Waals surface area (Å²) in [5.41, 5.74) is 4.35. The Morgan fingerprint density at radius 3 is 2.66 bits per heavy atom. The van der Waals surface area contributed by atoms with Crippen molar-refractivity contribution in [1.82, 2.24) is 13.9 Å². The highest BCUT2D eigenvalue weighted by molar-refractivity contribution is 7.89. The van der Waals surface area contributed by atoms with Crippen LogP contribution in [0.4, 0.5) is 5.69 Å². The van der Waals surface area contributed by atoms with E-state index in [4.69, 9.17) is 4.98 Å². The fourth-order valence-corrected chi connectivity index (χ4v) is 5.08. The van der Waals surface area contributed by atoms with Crippen molar-refractivity contribution in [2.24, 2.45) is 0 Å². The van der Waals surface area contributed by atoms with Gasteiger partial charge in [-0.3, -0.25) is 0 Å². The number of aryl methyl sites for hydroxylation is 2. The van der Waals surface area contributed by atoms with Gasteiger partial charge in [0.25, 0.3) is 0 Å². The molecule has 0 spiro atoms. The molecule has 0 bridgehead atoms. The lowest BCUT2D eigenvalue weighted by atomic mass is 9.96. The van der Waals surface area contributed by atoms with Crippen molar-refractivity contribution >= 4 is 26.7 Å². The first kappa shape index (κ1) is 19.9. The van der Waals surface area contributed by atoms with E-state index >= 15 is 0 Å². The molecule has 0 N–H and O–H groups in total. The minimum Gasteiger partial charge on any atom is -0.361 e. The second kappa shape index (κ2) is 7.46. The maximum absolute atomic E-state index is 12.5. The molecule has 0 radical (unpaired) electrons. The number of sulfonamides is 1. The monoisotopic (exact) mass is 412 g/mol. The van der Waals surface area contributed by atoms with E-state index in [1.54, 1.807) is 26.2 Å². The van der Waals surface area contributed by atoms with Crippen LogP contribution in [0.15, 0.2) is 47.4 Å². The van der Waals surface area contributed by atoms with Gasteiger partial charge < -0.3 is 9.47 Å². The number of hydrogen-bond donors (Lipinski definition) is 0. The van der Waals surface area contributed by atoms with Crippen LogP contribution in [-0.4, -0.2) is 42.4 Å². The summed E-state index contributed by atoms with van der Waals surface area (Å²) < 4.78 is 28.5. The summed E-state index contributed by atoms with van der Waals surface area (Å²) in [5, 5.41) is 0. The van der Waals surface area contributed by atoms with E-state index in [-0.39, 0.29) is 4.90 Å². The molecule has 0 fully saturated rings. The molecule has 0 saturated heterocycles. The molecule has 2 heterocycles. The van der Waals surface area contributed by atoms with Crippen LogP contribution in [0.25, 0.3) is 11.0 Å². The Kier molecular flexibility index (Phi) is 5.12. The maximum atomic E-state index is 12.5. The van der Waals surface area contributed by atoms with E-state index in [1.165, 1.54) is 15.6 Å². The molecule has 4 rings (SSSR count). The van der Waals surface area contributed by atoms with E-state index in [9.17, 15) is 8.42 Å². The van der Waals surface area contributed by atoms with Crippen LogP contribution in [-0.2, 0) is 29.5 Å². The summed E-state index contributed by atoms with van der Waals surface area (Å²) in [7, 11) is -0.388.